The number of ether oxygens (including phenoxy) is 1. The van der Waals surface area contributed by atoms with Gasteiger partial charge in [-0.1, -0.05) is 5.16 Å². The van der Waals surface area contributed by atoms with Gasteiger partial charge in [0, 0.05) is 42.8 Å². The Morgan fingerprint density at radius 3 is 2.45 bits per heavy atom. The molecule has 33 heavy (non-hydrogen) atoms. The van der Waals surface area contributed by atoms with Gasteiger partial charge in [0.05, 0.1) is 18.8 Å². The summed E-state index contributed by atoms with van der Waals surface area (Å²) in [6.45, 7) is 1.42. The lowest BCUT2D eigenvalue weighted by molar-refractivity contribution is 0.147. The number of rotatable bonds is 6. The molecule has 3 N–H and O–H groups in total. The lowest BCUT2D eigenvalue weighted by atomic mass is 9.85. The molecular weight excluding hydrogens is 458 g/mol. The zero-order valence-corrected chi connectivity index (χ0v) is 18.6. The quantitative estimate of drug-likeness (QED) is 0.565. The van der Waals surface area contributed by atoms with Crippen molar-refractivity contribution in [2.24, 2.45) is 11.8 Å². The van der Waals surface area contributed by atoms with Crippen LogP contribution < -0.4 is 15.1 Å². The van der Waals surface area contributed by atoms with Crippen molar-refractivity contribution in [3.05, 3.63) is 36.1 Å². The van der Waals surface area contributed by atoms with Gasteiger partial charge in [0.2, 0.25) is 0 Å². The van der Waals surface area contributed by atoms with Gasteiger partial charge in [0.15, 0.2) is 17.5 Å². The number of halogens is 2. The Bertz CT molecular complexity index is 985. The van der Waals surface area contributed by atoms with Gasteiger partial charge in [-0.3, -0.25) is 14.0 Å². The summed E-state index contributed by atoms with van der Waals surface area (Å²) < 4.78 is 59.2. The molecule has 0 radical (unpaired) electrons. The number of anilines is 3. The summed E-state index contributed by atoms with van der Waals surface area (Å²) >= 11 is 0. The van der Waals surface area contributed by atoms with Crippen LogP contribution in [-0.2, 0) is 4.74 Å². The Balaban J connectivity index is 1.21. The topological polar surface area (TPSA) is 111 Å². The highest BCUT2D eigenvalue weighted by Gasteiger charge is 2.40. The van der Waals surface area contributed by atoms with E-state index in [2.05, 4.69) is 10.5 Å². The molecule has 1 amide bonds. The molecule has 2 aromatic rings. The van der Waals surface area contributed by atoms with Crippen LogP contribution in [0, 0.1) is 23.5 Å². The van der Waals surface area contributed by atoms with Crippen LogP contribution in [0.5, 0.6) is 0 Å². The Kier molecular flexibility index (Phi) is 5.83. The van der Waals surface area contributed by atoms with Crippen molar-refractivity contribution in [1.82, 2.24) is 5.16 Å². The standard InChI is InChI=1S/C21H26F2N4O5S/c22-17-7-15(27-10-16(32-21(27)28)9-24-19-3-6-31-25-19)8-18(23)20(17)26-4-1-13(2-5-26)14-11-33(29,30)12-14/h3,6-8,13-14,16,29-30H,1-2,4-5,9-12H2,(H,24,25). The molecule has 3 aliphatic heterocycles. The second-order valence-corrected chi connectivity index (χ2v) is 11.1. The maximum absolute atomic E-state index is 15.0. The Morgan fingerprint density at radius 2 is 1.85 bits per heavy atom. The number of nitrogens with zero attached hydrogens (tertiary/aromatic N) is 3. The first-order chi connectivity index (χ1) is 15.8. The summed E-state index contributed by atoms with van der Waals surface area (Å²) in [7, 11) is -2.38. The summed E-state index contributed by atoms with van der Waals surface area (Å²) in [4.78, 5) is 15.2. The van der Waals surface area contributed by atoms with Gasteiger partial charge in [0.25, 0.3) is 0 Å². The van der Waals surface area contributed by atoms with E-state index in [0.717, 1.165) is 12.8 Å². The van der Waals surface area contributed by atoms with E-state index < -0.39 is 34.4 Å². The summed E-state index contributed by atoms with van der Waals surface area (Å²) in [5.41, 5.74) is 0.0177. The van der Waals surface area contributed by atoms with Gasteiger partial charge in [-0.2, -0.15) is 10.6 Å². The van der Waals surface area contributed by atoms with E-state index in [0.29, 0.717) is 36.3 Å². The third kappa shape index (κ3) is 4.59. The van der Waals surface area contributed by atoms with Crippen molar-refractivity contribution < 1.29 is 31.9 Å². The van der Waals surface area contributed by atoms with Crippen molar-refractivity contribution in [3.8, 4) is 0 Å². The van der Waals surface area contributed by atoms with Gasteiger partial charge in [-0.05, 0) is 24.7 Å². The van der Waals surface area contributed by atoms with E-state index in [1.165, 1.54) is 23.3 Å². The van der Waals surface area contributed by atoms with Crippen molar-refractivity contribution in [2.45, 2.75) is 18.9 Å². The minimum atomic E-state index is -2.38. The number of amides is 1. The van der Waals surface area contributed by atoms with Gasteiger partial charge in [0.1, 0.15) is 18.1 Å². The molecule has 0 spiro atoms. The molecule has 4 heterocycles. The third-order valence-corrected chi connectivity index (χ3v) is 8.54. The summed E-state index contributed by atoms with van der Waals surface area (Å²) in [5, 5.41) is 6.68. The normalized spacial score (nSPS) is 24.5. The van der Waals surface area contributed by atoms with Gasteiger partial charge in [-0.15, -0.1) is 0 Å². The summed E-state index contributed by atoms with van der Waals surface area (Å²) in [6.07, 6.45) is 1.73. The Labute approximate surface area is 191 Å². The van der Waals surface area contributed by atoms with Crippen molar-refractivity contribution in [3.63, 3.8) is 0 Å². The lowest BCUT2D eigenvalue weighted by Gasteiger charge is -2.51. The molecule has 1 aromatic carbocycles. The highest BCUT2D eigenvalue weighted by molar-refractivity contribution is 8.25. The van der Waals surface area contributed by atoms with Crippen LogP contribution in [0.1, 0.15) is 12.8 Å². The van der Waals surface area contributed by atoms with Crippen LogP contribution in [0.25, 0.3) is 0 Å². The lowest BCUT2D eigenvalue weighted by Crippen LogP contribution is -2.44. The smallest absolute Gasteiger partial charge is 0.414 e. The molecule has 1 aromatic heterocycles. The van der Waals surface area contributed by atoms with Crippen LogP contribution in [0.2, 0.25) is 0 Å². The second kappa shape index (κ2) is 8.65. The molecule has 12 heteroatoms. The third-order valence-electron chi connectivity index (χ3n) is 6.62. The first kappa shape index (κ1) is 22.2. The fourth-order valence-corrected chi connectivity index (χ4v) is 6.69. The monoisotopic (exact) mass is 484 g/mol. The molecule has 3 aliphatic rings. The largest absolute Gasteiger partial charge is 0.442 e. The second-order valence-electron chi connectivity index (χ2n) is 8.86. The molecule has 1 atom stereocenters. The average molecular weight is 485 g/mol. The number of aromatic nitrogens is 1. The van der Waals surface area contributed by atoms with E-state index in [1.807, 2.05) is 0 Å². The molecule has 180 valence electrons. The number of nitrogens with one attached hydrogen (secondary N) is 1. The molecule has 1 unspecified atom stereocenters. The molecule has 5 rings (SSSR count). The molecule has 0 saturated carbocycles. The molecular formula is C21H26F2N4O5S. The number of benzene rings is 1. The minimum absolute atomic E-state index is 0.0908. The fourth-order valence-electron chi connectivity index (χ4n) is 4.87. The zero-order chi connectivity index (χ0) is 23.2. The van der Waals surface area contributed by atoms with Gasteiger partial charge >= 0.3 is 6.09 Å². The first-order valence-electron chi connectivity index (χ1n) is 10.9. The maximum Gasteiger partial charge on any atom is 0.414 e. The predicted octanol–water partition coefficient (Wildman–Crippen LogP) is 3.99. The highest BCUT2D eigenvalue weighted by atomic mass is 32.3. The van der Waals surface area contributed by atoms with Gasteiger partial charge in [-0.25, -0.2) is 13.6 Å². The molecule has 0 aliphatic carbocycles. The number of hydrogen-bond donors (Lipinski definition) is 3. The molecule has 0 bridgehead atoms. The Morgan fingerprint density at radius 1 is 1.15 bits per heavy atom. The van der Waals surface area contributed by atoms with E-state index in [4.69, 9.17) is 9.26 Å². The van der Waals surface area contributed by atoms with Crippen LogP contribution in [0.3, 0.4) is 0 Å². The minimum Gasteiger partial charge on any atom is -0.442 e. The van der Waals surface area contributed by atoms with Crippen LogP contribution in [0.4, 0.5) is 30.8 Å². The molecule has 3 fully saturated rings. The van der Waals surface area contributed by atoms with Crippen molar-refractivity contribution in [2.75, 3.05) is 52.8 Å². The van der Waals surface area contributed by atoms with Crippen molar-refractivity contribution >= 4 is 33.9 Å². The summed E-state index contributed by atoms with van der Waals surface area (Å²) in [5.74, 6) is 0.555. The molecule has 3 saturated heterocycles. The fraction of sp³-hybridized carbons (Fsp3) is 0.524. The number of piperidine rings is 1. The predicted molar refractivity (Wildman–Crippen MR) is 120 cm³/mol. The number of carbonyl (C=O) groups is 1. The average Bonchev–Trinajstić information content (AvgIpc) is 3.40. The van der Waals surface area contributed by atoms with E-state index in [9.17, 15) is 22.7 Å². The number of cyclic esters (lactones) is 1. The maximum atomic E-state index is 15.0. The SMILES string of the molecule is O=C1OC(CNc2ccon2)CN1c1cc(F)c(N2CCC(C3CS(O)(O)C3)CC2)c(F)c1. The number of carbonyl (C=O) groups excluding carboxylic acids is 1. The molecule has 9 nitrogen and oxygen atoms in total. The van der Waals surface area contributed by atoms with Gasteiger partial charge < -0.3 is 19.5 Å². The number of hydrogen-bond acceptors (Lipinski definition) is 8. The van der Waals surface area contributed by atoms with E-state index in [-0.39, 0.29) is 30.4 Å². The van der Waals surface area contributed by atoms with Crippen molar-refractivity contribution in [1.29, 1.82) is 0 Å². The Hall–Kier alpha value is -2.57. The highest BCUT2D eigenvalue weighted by Crippen LogP contribution is 2.55. The van der Waals surface area contributed by atoms with Crippen LogP contribution in [-0.4, -0.2) is 64.1 Å². The van der Waals surface area contributed by atoms with Crippen LogP contribution >= 0.6 is 10.6 Å². The van der Waals surface area contributed by atoms with Crippen LogP contribution in [0.15, 0.2) is 29.0 Å². The van der Waals surface area contributed by atoms with E-state index >= 15 is 0 Å². The zero-order valence-electron chi connectivity index (χ0n) is 17.8. The first-order valence-corrected chi connectivity index (χ1v) is 12.8. The van der Waals surface area contributed by atoms with E-state index in [1.54, 1.807) is 11.0 Å². The summed E-state index contributed by atoms with van der Waals surface area (Å²) in [6, 6.07) is 3.96.